The first-order valence-corrected chi connectivity index (χ1v) is 3.64. The molecule has 0 aromatic carbocycles. The van der Waals surface area contributed by atoms with Gasteiger partial charge in [0.1, 0.15) is 0 Å². The fourth-order valence-corrected chi connectivity index (χ4v) is 1.07. The number of aromatic nitrogens is 2. The van der Waals surface area contributed by atoms with Crippen molar-refractivity contribution in [2.24, 2.45) is 0 Å². The van der Waals surface area contributed by atoms with Gasteiger partial charge in [0.15, 0.2) is 0 Å². The molecule has 1 aromatic rings. The van der Waals surface area contributed by atoms with Gasteiger partial charge < -0.3 is 0 Å². The van der Waals surface area contributed by atoms with E-state index in [-0.39, 0.29) is 0 Å². The van der Waals surface area contributed by atoms with Crippen molar-refractivity contribution in [1.29, 1.82) is 0 Å². The number of hydrogen-bond donors (Lipinski definition) is 1. The molecule has 0 saturated carbocycles. The van der Waals surface area contributed by atoms with E-state index in [2.05, 4.69) is 31.0 Å². The van der Waals surface area contributed by atoms with E-state index < -0.39 is 0 Å². The second-order valence-electron chi connectivity index (χ2n) is 3.01. The van der Waals surface area contributed by atoms with E-state index in [0.29, 0.717) is 5.92 Å². The van der Waals surface area contributed by atoms with Gasteiger partial charge in [-0.1, -0.05) is 13.8 Å². The van der Waals surface area contributed by atoms with Crippen LogP contribution in [0.25, 0.3) is 0 Å². The van der Waals surface area contributed by atoms with Crippen LogP contribution in [0.2, 0.25) is 0 Å². The van der Waals surface area contributed by atoms with E-state index >= 15 is 0 Å². The maximum absolute atomic E-state index is 4.19. The molecule has 0 bridgehead atoms. The quantitative estimate of drug-likeness (QED) is 0.633. The molecule has 1 heterocycles. The van der Waals surface area contributed by atoms with Gasteiger partial charge in [-0.05, 0) is 25.3 Å². The molecule has 0 aliphatic rings. The molecule has 1 aromatic heterocycles. The van der Waals surface area contributed by atoms with Crippen LogP contribution in [0.3, 0.4) is 0 Å². The molecule has 1 N–H and O–H groups in total. The van der Waals surface area contributed by atoms with Crippen molar-refractivity contribution >= 4 is 0 Å². The Morgan fingerprint density at radius 1 is 1.30 bits per heavy atom. The number of nitrogens with zero attached hydrogens (tertiary/aromatic N) is 1. The van der Waals surface area contributed by atoms with Crippen molar-refractivity contribution < 1.29 is 0 Å². The minimum Gasteiger partial charge on any atom is -0.282 e. The zero-order chi connectivity index (χ0) is 7.72. The Morgan fingerprint density at radius 3 is 2.10 bits per heavy atom. The van der Waals surface area contributed by atoms with Crippen LogP contribution in [0.15, 0.2) is 0 Å². The van der Waals surface area contributed by atoms with Crippen molar-refractivity contribution in [1.82, 2.24) is 10.2 Å². The van der Waals surface area contributed by atoms with E-state index in [0.717, 1.165) is 0 Å². The summed E-state index contributed by atoms with van der Waals surface area (Å²) in [5.41, 5.74) is 3.68. The second-order valence-corrected chi connectivity index (χ2v) is 3.01. The lowest BCUT2D eigenvalue weighted by atomic mass is 10.1. The second kappa shape index (κ2) is 2.45. The molecule has 0 spiro atoms. The lowest BCUT2D eigenvalue weighted by molar-refractivity contribution is 0.804. The molecule has 0 radical (unpaired) electrons. The van der Waals surface area contributed by atoms with Crippen molar-refractivity contribution in [2.45, 2.75) is 33.6 Å². The number of hydrogen-bond acceptors (Lipinski definition) is 1. The summed E-state index contributed by atoms with van der Waals surface area (Å²) in [5, 5.41) is 7.16. The van der Waals surface area contributed by atoms with Crippen LogP contribution in [0.4, 0.5) is 0 Å². The molecule has 1 rings (SSSR count). The third-order valence-corrected chi connectivity index (χ3v) is 1.84. The lowest BCUT2D eigenvalue weighted by Crippen LogP contribution is -1.89. The fraction of sp³-hybridized carbons (Fsp3) is 0.625. The highest BCUT2D eigenvalue weighted by molar-refractivity contribution is 5.24. The molecule has 0 amide bonds. The number of nitrogens with one attached hydrogen (secondary N) is 1. The highest BCUT2D eigenvalue weighted by Gasteiger charge is 2.07. The van der Waals surface area contributed by atoms with Gasteiger partial charge in [-0.2, -0.15) is 5.10 Å². The molecule has 0 atom stereocenters. The summed E-state index contributed by atoms with van der Waals surface area (Å²) in [5.74, 6) is 0.532. The van der Waals surface area contributed by atoms with Crippen LogP contribution >= 0.6 is 0 Å². The molecule has 0 saturated heterocycles. The van der Waals surface area contributed by atoms with E-state index in [1.165, 1.54) is 17.0 Å². The molecule has 0 aliphatic heterocycles. The van der Waals surface area contributed by atoms with Crippen LogP contribution in [0.1, 0.15) is 36.7 Å². The minimum atomic E-state index is 0.532. The Balaban J connectivity index is 3.05. The summed E-state index contributed by atoms with van der Waals surface area (Å²) >= 11 is 0. The van der Waals surface area contributed by atoms with Crippen molar-refractivity contribution in [2.75, 3.05) is 0 Å². The van der Waals surface area contributed by atoms with Crippen LogP contribution in [0, 0.1) is 13.8 Å². The predicted octanol–water partition coefficient (Wildman–Crippen LogP) is 2.15. The van der Waals surface area contributed by atoms with Gasteiger partial charge in [-0.25, -0.2) is 0 Å². The zero-order valence-electron chi connectivity index (χ0n) is 7.02. The van der Waals surface area contributed by atoms with Crippen LogP contribution in [0.5, 0.6) is 0 Å². The summed E-state index contributed by atoms with van der Waals surface area (Å²) in [6, 6.07) is 0. The monoisotopic (exact) mass is 138 g/mol. The van der Waals surface area contributed by atoms with Crippen molar-refractivity contribution in [3.05, 3.63) is 17.0 Å². The van der Waals surface area contributed by atoms with E-state index in [1.54, 1.807) is 0 Å². The summed E-state index contributed by atoms with van der Waals surface area (Å²) < 4.78 is 0. The number of aryl methyl sites for hydroxylation is 1. The van der Waals surface area contributed by atoms with Crippen molar-refractivity contribution in [3.63, 3.8) is 0 Å². The normalized spacial score (nSPS) is 10.9. The number of H-pyrrole nitrogens is 1. The van der Waals surface area contributed by atoms with Crippen molar-refractivity contribution in [3.8, 4) is 0 Å². The average Bonchev–Trinajstić information content (AvgIpc) is 2.14. The lowest BCUT2D eigenvalue weighted by Gasteiger charge is -1.99. The predicted molar refractivity (Wildman–Crippen MR) is 42.2 cm³/mol. The van der Waals surface area contributed by atoms with Crippen LogP contribution in [-0.2, 0) is 0 Å². The maximum Gasteiger partial charge on any atom is 0.0679 e. The SMILES string of the molecule is Cc1[nH]nc(C(C)C)c1C. The highest BCUT2D eigenvalue weighted by atomic mass is 15.1. The average molecular weight is 138 g/mol. The third-order valence-electron chi connectivity index (χ3n) is 1.84. The van der Waals surface area contributed by atoms with Gasteiger partial charge in [-0.15, -0.1) is 0 Å². The smallest absolute Gasteiger partial charge is 0.0679 e. The maximum atomic E-state index is 4.19. The van der Waals surface area contributed by atoms with Gasteiger partial charge in [0, 0.05) is 5.69 Å². The summed E-state index contributed by atoms with van der Waals surface area (Å²) in [6.07, 6.45) is 0. The zero-order valence-corrected chi connectivity index (χ0v) is 7.02. The molecule has 10 heavy (non-hydrogen) atoms. The van der Waals surface area contributed by atoms with Gasteiger partial charge in [0.25, 0.3) is 0 Å². The van der Waals surface area contributed by atoms with Gasteiger partial charge in [-0.3, -0.25) is 5.10 Å². The van der Waals surface area contributed by atoms with Gasteiger partial charge in [0.2, 0.25) is 0 Å². The molecule has 0 aliphatic carbocycles. The summed E-state index contributed by atoms with van der Waals surface area (Å²) in [6.45, 7) is 8.47. The molecule has 2 heteroatoms. The summed E-state index contributed by atoms with van der Waals surface area (Å²) in [7, 11) is 0. The van der Waals surface area contributed by atoms with Gasteiger partial charge in [0.05, 0.1) is 5.69 Å². The fourth-order valence-electron chi connectivity index (χ4n) is 1.07. The first kappa shape index (κ1) is 7.32. The summed E-state index contributed by atoms with van der Waals surface area (Å²) in [4.78, 5) is 0. The van der Waals surface area contributed by atoms with Crippen LogP contribution < -0.4 is 0 Å². The van der Waals surface area contributed by atoms with E-state index in [9.17, 15) is 0 Å². The van der Waals surface area contributed by atoms with E-state index in [1.807, 2.05) is 6.92 Å². The largest absolute Gasteiger partial charge is 0.282 e. The third kappa shape index (κ3) is 1.06. The molecule has 0 fully saturated rings. The molecule has 0 unspecified atom stereocenters. The first-order chi connectivity index (χ1) is 4.63. The number of aromatic amines is 1. The molecular weight excluding hydrogens is 124 g/mol. The van der Waals surface area contributed by atoms with Crippen LogP contribution in [-0.4, -0.2) is 10.2 Å². The topological polar surface area (TPSA) is 28.7 Å². The first-order valence-electron chi connectivity index (χ1n) is 3.64. The Labute approximate surface area is 61.7 Å². The molecule has 2 nitrogen and oxygen atoms in total. The Morgan fingerprint density at radius 2 is 1.90 bits per heavy atom. The Hall–Kier alpha value is -0.790. The Bertz CT molecular complexity index is 223. The number of rotatable bonds is 1. The standard InChI is InChI=1S/C8H14N2/c1-5(2)8-6(3)7(4)9-10-8/h5H,1-4H3,(H,9,10). The minimum absolute atomic E-state index is 0.532. The Kier molecular flexibility index (Phi) is 1.79. The highest BCUT2D eigenvalue weighted by Crippen LogP contribution is 2.17. The van der Waals surface area contributed by atoms with E-state index in [4.69, 9.17) is 0 Å². The molecule has 56 valence electrons. The van der Waals surface area contributed by atoms with Gasteiger partial charge >= 0.3 is 0 Å². The molecular formula is C8H14N2.